The number of ether oxygens (including phenoxy) is 5. The fraction of sp³-hybridized carbons (Fsp3) is 0.188. The van der Waals surface area contributed by atoms with Crippen LogP contribution in [0.3, 0.4) is 0 Å². The van der Waals surface area contributed by atoms with E-state index in [1.54, 1.807) is 17.0 Å². The quantitative estimate of drug-likeness (QED) is 0.0722. The molecule has 2 amide bonds. The molecule has 0 radical (unpaired) electrons. The molecule has 0 bridgehead atoms. The summed E-state index contributed by atoms with van der Waals surface area (Å²) in [5, 5.41) is 10.0. The number of likely N-dealkylation sites (tertiary alicyclic amines) is 2. The van der Waals surface area contributed by atoms with Crippen LogP contribution >= 0.6 is 0 Å². The Hall–Kier alpha value is -8.64. The predicted molar refractivity (Wildman–Crippen MR) is 296 cm³/mol. The molecule has 10 rings (SSSR count). The zero-order chi connectivity index (χ0) is 51.9. The minimum atomic E-state index is -1.05. The molecule has 0 spiro atoms. The van der Waals surface area contributed by atoms with Crippen LogP contribution in [0, 0.1) is 0 Å². The van der Waals surface area contributed by atoms with Crippen molar-refractivity contribution in [1.82, 2.24) is 9.80 Å². The van der Waals surface area contributed by atoms with Gasteiger partial charge in [-0.05, 0) is 70.8 Å². The van der Waals surface area contributed by atoms with E-state index in [9.17, 15) is 24.3 Å². The van der Waals surface area contributed by atoms with Gasteiger partial charge >= 0.3 is 30.8 Å². The third-order valence-electron chi connectivity index (χ3n) is 13.1. The fourth-order valence-corrected chi connectivity index (χ4v) is 9.57. The van der Waals surface area contributed by atoms with Crippen molar-refractivity contribution in [2.75, 3.05) is 20.2 Å². The summed E-state index contributed by atoms with van der Waals surface area (Å²) in [6.07, 6.45) is -0.431. The zero-order valence-electron chi connectivity index (χ0n) is 43.2. The topological polar surface area (TPSA) is 203 Å². The van der Waals surface area contributed by atoms with E-state index in [2.05, 4.69) is 0 Å². The molecule has 4 atom stereocenters. The van der Waals surface area contributed by atoms with Gasteiger partial charge in [-0.15, -0.1) is 0 Å². The van der Waals surface area contributed by atoms with Crippen molar-refractivity contribution < 1.29 is 77.8 Å². The number of carboxylic acid groups (broad SMARTS) is 1. The van der Waals surface area contributed by atoms with Crippen molar-refractivity contribution in [2.24, 2.45) is 0 Å². The van der Waals surface area contributed by atoms with Gasteiger partial charge in [0, 0.05) is 12.8 Å². The SMILES string of the molecule is C.COC(=O)[C@@H]1C[C@H](Oc2ccccc2Oc2ccccc2)CN1C(=O)C(c1ccccc1)c1ccccc1.O.O=C(O)[C@@H]1C[C@H](Oc2ccccc2Oc2ccccc2)CN1C(=O)C(c1ccccc1)c1ccccc1.[Li+].[OH-]. The van der Waals surface area contributed by atoms with Crippen LogP contribution in [-0.4, -0.2) is 94.1 Å². The molecule has 2 saturated heterocycles. The van der Waals surface area contributed by atoms with Crippen LogP contribution in [0.4, 0.5) is 0 Å². The first-order valence-corrected chi connectivity index (χ1v) is 24.8. The van der Waals surface area contributed by atoms with Crippen molar-refractivity contribution >= 4 is 23.8 Å². The van der Waals surface area contributed by atoms with Crippen LogP contribution in [0.1, 0.15) is 54.4 Å². The molecule has 8 aromatic rings. The van der Waals surface area contributed by atoms with Crippen molar-refractivity contribution in [3.63, 3.8) is 0 Å². The van der Waals surface area contributed by atoms with Gasteiger partial charge in [0.1, 0.15) is 35.8 Å². The number of carboxylic acids is 1. The molecule has 15 heteroatoms. The van der Waals surface area contributed by atoms with Crippen LogP contribution in [0.25, 0.3) is 0 Å². The minimum absolute atomic E-state index is 0. The second-order valence-electron chi connectivity index (χ2n) is 18.1. The Labute approximate surface area is 472 Å². The van der Waals surface area contributed by atoms with Gasteiger partial charge in [0.25, 0.3) is 0 Å². The number of hydrogen-bond acceptors (Lipinski definition) is 10. The third-order valence-corrected chi connectivity index (χ3v) is 13.1. The molecular weight excluding hydrogens is 996 g/mol. The number of benzene rings is 8. The van der Waals surface area contributed by atoms with Crippen LogP contribution in [0.5, 0.6) is 34.5 Å². The van der Waals surface area contributed by atoms with E-state index >= 15 is 0 Å². The Morgan fingerprint density at radius 3 is 1.04 bits per heavy atom. The maximum Gasteiger partial charge on any atom is 1.00 e. The molecule has 2 fully saturated rings. The molecule has 4 N–H and O–H groups in total. The van der Waals surface area contributed by atoms with Crippen LogP contribution in [0.15, 0.2) is 231 Å². The molecule has 2 aliphatic rings. The second kappa shape index (κ2) is 29.8. The summed E-state index contributed by atoms with van der Waals surface area (Å²) in [6, 6.07) is 69.9. The monoisotopic (exact) mass is 1060 g/mol. The second-order valence-corrected chi connectivity index (χ2v) is 18.1. The number of para-hydroxylation sites is 6. The standard InChI is InChI=1S/C32H29NO5.C31H27NO5.CH4.Li.2H2O/c1-36-32(35)27-21-26(38-29-20-12-11-19-28(29)37-25-17-9-4-10-18-25)22-33(27)31(34)30(23-13-5-2-6-14-23)24-15-7-3-8-16-24;33-30(29(22-12-4-1-5-13-22)23-14-6-2-7-15-23)32-21-25(20-26(32)31(34)35)37-28-19-11-10-18-27(28)36-24-16-8-3-9-17-24;;;;/h2-20,26-27,30H,21-22H2,1H3;1-19,25-26,29H,20-21H2,(H,34,35);1H4;;2*1H2/q;;;+1;;/p-1/t26-,27-;25-,26-;;;;/m00..../s1. The Bertz CT molecular complexity index is 3070. The van der Waals surface area contributed by atoms with E-state index in [4.69, 9.17) is 23.7 Å². The van der Waals surface area contributed by atoms with Gasteiger partial charge in [-0.1, -0.05) is 189 Å². The van der Waals surface area contributed by atoms with Gasteiger partial charge in [0.05, 0.1) is 32.0 Å². The van der Waals surface area contributed by atoms with Crippen molar-refractivity contribution in [3.8, 4) is 34.5 Å². The summed E-state index contributed by atoms with van der Waals surface area (Å²) in [4.78, 5) is 56.2. The van der Waals surface area contributed by atoms with Crippen LogP contribution in [-0.2, 0) is 23.9 Å². The summed E-state index contributed by atoms with van der Waals surface area (Å²) in [6.45, 7) is 0.403. The molecule has 2 aliphatic heterocycles. The molecule has 14 nitrogen and oxygen atoms in total. The van der Waals surface area contributed by atoms with Gasteiger partial charge in [-0.2, -0.15) is 0 Å². The Kier molecular flexibility index (Phi) is 23.1. The number of aliphatic carboxylic acids is 1. The molecule has 0 unspecified atom stereocenters. The van der Waals surface area contributed by atoms with Gasteiger partial charge < -0.3 is 49.5 Å². The van der Waals surface area contributed by atoms with E-state index in [1.807, 2.05) is 218 Å². The van der Waals surface area contributed by atoms with Crippen molar-refractivity contribution in [1.29, 1.82) is 0 Å². The molecule has 0 aromatic heterocycles. The molecule has 8 aromatic carbocycles. The smallest absolute Gasteiger partial charge is 0.870 e. The summed E-state index contributed by atoms with van der Waals surface area (Å²) < 4.78 is 29.7. The Morgan fingerprint density at radius 2 is 0.722 bits per heavy atom. The normalized spacial score (nSPS) is 16.0. The molecular formula is C64H63LiN2O12. The Morgan fingerprint density at radius 1 is 0.443 bits per heavy atom. The zero-order valence-corrected chi connectivity index (χ0v) is 43.2. The number of hydrogen-bond donors (Lipinski definition) is 1. The first-order chi connectivity index (χ1) is 36.7. The van der Waals surface area contributed by atoms with E-state index in [0.29, 0.717) is 40.9 Å². The molecule has 79 heavy (non-hydrogen) atoms. The maximum atomic E-state index is 14.1. The number of esters is 1. The Balaban J connectivity index is 0.000000277. The average molecular weight is 1060 g/mol. The number of nitrogens with zero attached hydrogens (tertiary/aromatic N) is 2. The largest absolute Gasteiger partial charge is 1.00 e. The summed E-state index contributed by atoms with van der Waals surface area (Å²) in [7, 11) is 1.34. The van der Waals surface area contributed by atoms with Gasteiger partial charge in [0.15, 0.2) is 23.0 Å². The first kappa shape index (κ1) is 61.2. The molecule has 0 aliphatic carbocycles. The predicted octanol–water partition coefficient (Wildman–Crippen LogP) is 8.21. The van der Waals surface area contributed by atoms with Gasteiger partial charge in [0.2, 0.25) is 11.8 Å². The summed E-state index contributed by atoms with van der Waals surface area (Å²) in [5.41, 5.74) is 3.35. The number of amides is 2. The van der Waals surface area contributed by atoms with Gasteiger partial charge in [-0.25, -0.2) is 9.59 Å². The third kappa shape index (κ3) is 15.3. The van der Waals surface area contributed by atoms with Gasteiger partial charge in [-0.3, -0.25) is 9.59 Å². The van der Waals surface area contributed by atoms with E-state index in [0.717, 1.165) is 22.3 Å². The number of carbonyl (C=O) groups is 4. The van der Waals surface area contributed by atoms with Crippen LogP contribution < -0.4 is 37.8 Å². The van der Waals surface area contributed by atoms with Crippen molar-refractivity contribution in [3.05, 3.63) is 253 Å². The summed E-state index contributed by atoms with van der Waals surface area (Å²) in [5.74, 6) is 0.370. The van der Waals surface area contributed by atoms with E-state index in [1.165, 1.54) is 12.0 Å². The first-order valence-electron chi connectivity index (χ1n) is 24.8. The van der Waals surface area contributed by atoms with E-state index < -0.39 is 48.1 Å². The molecule has 402 valence electrons. The maximum absolute atomic E-state index is 14.1. The van der Waals surface area contributed by atoms with Crippen LogP contribution in [0.2, 0.25) is 0 Å². The van der Waals surface area contributed by atoms with E-state index in [-0.39, 0.29) is 68.6 Å². The number of methoxy groups -OCH3 is 1. The molecule has 0 saturated carbocycles. The minimum Gasteiger partial charge on any atom is -0.870 e. The molecule has 2 heterocycles. The number of carbonyl (C=O) groups excluding carboxylic acids is 3. The summed E-state index contributed by atoms with van der Waals surface area (Å²) >= 11 is 0. The number of rotatable bonds is 16. The fourth-order valence-electron chi connectivity index (χ4n) is 9.57. The average Bonchev–Trinajstić information content (AvgIpc) is 4.15. The van der Waals surface area contributed by atoms with Crippen molar-refractivity contribution in [2.45, 2.75) is 56.4 Å².